The van der Waals surface area contributed by atoms with E-state index in [4.69, 9.17) is 4.52 Å². The predicted molar refractivity (Wildman–Crippen MR) is 70.5 cm³/mol. The molecular weight excluding hydrogens is 226 g/mol. The third-order valence-electron chi connectivity index (χ3n) is 2.94. The lowest BCUT2D eigenvalue weighted by Crippen LogP contribution is -2.08. The van der Waals surface area contributed by atoms with Crippen LogP contribution in [0.2, 0.25) is 0 Å². The second-order valence-corrected chi connectivity index (χ2v) is 4.41. The maximum absolute atomic E-state index is 5.23. The number of aryl methyl sites for hydroxylation is 2. The minimum absolute atomic E-state index is 0.730. The molecule has 0 aliphatic carbocycles. The lowest BCUT2D eigenvalue weighted by Gasteiger charge is -2.00. The normalized spacial score (nSPS) is 10.8. The van der Waals surface area contributed by atoms with Crippen molar-refractivity contribution in [3.63, 3.8) is 0 Å². The van der Waals surface area contributed by atoms with Crippen LogP contribution in [0.15, 0.2) is 28.8 Å². The van der Waals surface area contributed by atoms with E-state index in [1.165, 1.54) is 11.1 Å². The number of rotatable bonds is 6. The van der Waals surface area contributed by atoms with Crippen LogP contribution in [-0.4, -0.2) is 23.7 Å². The number of aromatic nitrogens is 2. The molecule has 0 aliphatic rings. The van der Waals surface area contributed by atoms with E-state index in [2.05, 4.69) is 34.5 Å². The zero-order valence-electron chi connectivity index (χ0n) is 10.9. The molecule has 1 N–H and O–H groups in total. The summed E-state index contributed by atoms with van der Waals surface area (Å²) in [6.07, 6.45) is 2.59. The molecule has 0 unspecified atom stereocenters. The summed E-state index contributed by atoms with van der Waals surface area (Å²) in [4.78, 5) is 4.41. The minimum atomic E-state index is 0.730. The summed E-state index contributed by atoms with van der Waals surface area (Å²) >= 11 is 0. The second kappa shape index (κ2) is 6.31. The first-order chi connectivity index (χ1) is 8.79. The van der Waals surface area contributed by atoms with Crippen molar-refractivity contribution in [2.75, 3.05) is 13.6 Å². The number of hydrogen-bond donors (Lipinski definition) is 1. The zero-order chi connectivity index (χ0) is 12.8. The number of hydrogen-bond acceptors (Lipinski definition) is 4. The van der Waals surface area contributed by atoms with Crippen LogP contribution >= 0.6 is 0 Å². The van der Waals surface area contributed by atoms with Gasteiger partial charge in [-0.2, -0.15) is 4.98 Å². The van der Waals surface area contributed by atoms with E-state index < -0.39 is 0 Å². The SMILES string of the molecule is CNCCCc1nc(Cc2ccccc2C)no1. The highest BCUT2D eigenvalue weighted by atomic mass is 16.5. The average molecular weight is 245 g/mol. The van der Waals surface area contributed by atoms with Crippen LogP contribution in [0.25, 0.3) is 0 Å². The fraction of sp³-hybridized carbons (Fsp3) is 0.429. The molecule has 0 saturated heterocycles. The van der Waals surface area contributed by atoms with Crippen molar-refractivity contribution in [2.24, 2.45) is 0 Å². The van der Waals surface area contributed by atoms with E-state index >= 15 is 0 Å². The standard InChI is InChI=1S/C14H19N3O/c1-11-6-3-4-7-12(11)10-13-16-14(18-17-13)8-5-9-15-2/h3-4,6-7,15H,5,8-10H2,1-2H3. The fourth-order valence-electron chi connectivity index (χ4n) is 1.86. The van der Waals surface area contributed by atoms with E-state index in [0.29, 0.717) is 0 Å². The maximum atomic E-state index is 5.23. The van der Waals surface area contributed by atoms with Crippen molar-refractivity contribution in [1.82, 2.24) is 15.5 Å². The highest BCUT2D eigenvalue weighted by Gasteiger charge is 2.07. The third-order valence-corrected chi connectivity index (χ3v) is 2.94. The van der Waals surface area contributed by atoms with Gasteiger partial charge in [0.15, 0.2) is 5.82 Å². The van der Waals surface area contributed by atoms with Crippen molar-refractivity contribution in [3.05, 3.63) is 47.1 Å². The van der Waals surface area contributed by atoms with E-state index in [-0.39, 0.29) is 0 Å². The van der Waals surface area contributed by atoms with E-state index in [1.807, 2.05) is 19.2 Å². The van der Waals surface area contributed by atoms with Gasteiger partial charge in [0, 0.05) is 12.8 Å². The third kappa shape index (κ3) is 3.40. The Morgan fingerprint density at radius 3 is 2.89 bits per heavy atom. The van der Waals surface area contributed by atoms with Crippen LogP contribution in [0, 0.1) is 6.92 Å². The molecule has 2 aromatic rings. The Morgan fingerprint density at radius 1 is 1.28 bits per heavy atom. The van der Waals surface area contributed by atoms with Crippen LogP contribution in [0.4, 0.5) is 0 Å². The first-order valence-electron chi connectivity index (χ1n) is 6.30. The fourth-order valence-corrected chi connectivity index (χ4v) is 1.86. The summed E-state index contributed by atoms with van der Waals surface area (Å²) < 4.78 is 5.23. The lowest BCUT2D eigenvalue weighted by atomic mass is 10.1. The van der Waals surface area contributed by atoms with Crippen molar-refractivity contribution >= 4 is 0 Å². The van der Waals surface area contributed by atoms with E-state index in [9.17, 15) is 0 Å². The van der Waals surface area contributed by atoms with Crippen molar-refractivity contribution in [2.45, 2.75) is 26.2 Å². The molecule has 96 valence electrons. The molecule has 0 spiro atoms. The van der Waals surface area contributed by atoms with Crippen LogP contribution in [0.5, 0.6) is 0 Å². The first-order valence-corrected chi connectivity index (χ1v) is 6.30. The van der Waals surface area contributed by atoms with Crippen molar-refractivity contribution < 1.29 is 4.52 Å². The van der Waals surface area contributed by atoms with Crippen molar-refractivity contribution in [1.29, 1.82) is 0 Å². The smallest absolute Gasteiger partial charge is 0.226 e. The van der Waals surface area contributed by atoms with Gasteiger partial charge >= 0.3 is 0 Å². The zero-order valence-corrected chi connectivity index (χ0v) is 10.9. The molecule has 0 bridgehead atoms. The largest absolute Gasteiger partial charge is 0.339 e. The second-order valence-electron chi connectivity index (χ2n) is 4.41. The van der Waals surface area contributed by atoms with Crippen LogP contribution in [0.1, 0.15) is 29.3 Å². The van der Waals surface area contributed by atoms with Gasteiger partial charge in [-0.3, -0.25) is 0 Å². The van der Waals surface area contributed by atoms with Gasteiger partial charge in [0.05, 0.1) is 0 Å². The van der Waals surface area contributed by atoms with Gasteiger partial charge in [0.25, 0.3) is 0 Å². The summed E-state index contributed by atoms with van der Waals surface area (Å²) in [5.41, 5.74) is 2.51. The molecule has 0 fully saturated rings. The maximum Gasteiger partial charge on any atom is 0.226 e. The van der Waals surface area contributed by atoms with Gasteiger partial charge in [-0.15, -0.1) is 0 Å². The predicted octanol–water partition coefficient (Wildman–Crippen LogP) is 2.12. The van der Waals surface area contributed by atoms with Gasteiger partial charge in [0.1, 0.15) is 0 Å². The van der Waals surface area contributed by atoms with Gasteiger partial charge in [-0.05, 0) is 38.1 Å². The topological polar surface area (TPSA) is 51.0 Å². The molecule has 0 amide bonds. The molecule has 1 heterocycles. The van der Waals surface area contributed by atoms with Crippen molar-refractivity contribution in [3.8, 4) is 0 Å². The molecule has 4 nitrogen and oxygen atoms in total. The highest BCUT2D eigenvalue weighted by Crippen LogP contribution is 2.12. The summed E-state index contributed by atoms with van der Waals surface area (Å²) in [7, 11) is 1.94. The molecule has 1 aromatic heterocycles. The number of nitrogens with one attached hydrogen (secondary N) is 1. The molecular formula is C14H19N3O. The Labute approximate surface area is 107 Å². The molecule has 2 rings (SSSR count). The van der Waals surface area contributed by atoms with E-state index in [1.54, 1.807) is 0 Å². The molecule has 18 heavy (non-hydrogen) atoms. The molecule has 0 saturated carbocycles. The minimum Gasteiger partial charge on any atom is -0.339 e. The molecule has 0 radical (unpaired) electrons. The monoisotopic (exact) mass is 245 g/mol. The average Bonchev–Trinajstić information content (AvgIpc) is 2.80. The molecule has 0 atom stereocenters. The van der Waals surface area contributed by atoms with Gasteiger partial charge in [-0.25, -0.2) is 0 Å². The van der Waals surface area contributed by atoms with Gasteiger partial charge < -0.3 is 9.84 Å². The quantitative estimate of drug-likeness (QED) is 0.792. The summed E-state index contributed by atoms with van der Waals surface area (Å²) in [6.45, 7) is 3.07. The van der Waals surface area contributed by atoms with Crippen LogP contribution in [-0.2, 0) is 12.8 Å². The van der Waals surface area contributed by atoms with E-state index in [0.717, 1.165) is 37.5 Å². The summed E-state index contributed by atoms with van der Waals surface area (Å²) in [5.74, 6) is 1.50. The lowest BCUT2D eigenvalue weighted by molar-refractivity contribution is 0.370. The number of benzene rings is 1. The van der Waals surface area contributed by atoms with Crippen LogP contribution < -0.4 is 5.32 Å². The summed E-state index contributed by atoms with van der Waals surface area (Å²) in [6, 6.07) is 8.28. The molecule has 4 heteroatoms. The molecule has 0 aliphatic heterocycles. The Hall–Kier alpha value is -1.68. The Balaban J connectivity index is 1.96. The Kier molecular flexibility index (Phi) is 4.47. The van der Waals surface area contributed by atoms with Gasteiger partial charge in [0.2, 0.25) is 5.89 Å². The Morgan fingerprint density at radius 2 is 2.11 bits per heavy atom. The summed E-state index contributed by atoms with van der Waals surface area (Å²) in [5, 5.41) is 7.13. The highest BCUT2D eigenvalue weighted by molar-refractivity contribution is 5.27. The Bertz CT molecular complexity index is 493. The first kappa shape index (κ1) is 12.8. The van der Waals surface area contributed by atoms with Gasteiger partial charge in [-0.1, -0.05) is 29.4 Å². The number of nitrogens with zero attached hydrogens (tertiary/aromatic N) is 2. The molecule has 1 aromatic carbocycles. The van der Waals surface area contributed by atoms with Crippen LogP contribution in [0.3, 0.4) is 0 Å².